The van der Waals surface area contributed by atoms with Crippen molar-refractivity contribution in [2.24, 2.45) is 17.3 Å². The highest BCUT2D eigenvalue weighted by Gasteiger charge is 2.33. The minimum absolute atomic E-state index is 0.0586. The molecule has 1 aliphatic carbocycles. The van der Waals surface area contributed by atoms with E-state index in [0.717, 1.165) is 25.7 Å². The maximum absolute atomic E-state index is 12.0. The number of halogens is 1. The molecule has 5 heteroatoms. The van der Waals surface area contributed by atoms with Crippen LogP contribution < -0.4 is 5.32 Å². The van der Waals surface area contributed by atoms with Gasteiger partial charge in [0.1, 0.15) is 0 Å². The first-order valence-corrected chi connectivity index (χ1v) is 7.38. The molecule has 0 aliphatic heterocycles. The lowest BCUT2D eigenvalue weighted by Gasteiger charge is -2.30. The van der Waals surface area contributed by atoms with Crippen molar-refractivity contribution in [3.63, 3.8) is 0 Å². The number of methoxy groups -OCH3 is 1. The van der Waals surface area contributed by atoms with Gasteiger partial charge in [-0.25, -0.2) is 0 Å². The van der Waals surface area contributed by atoms with Crippen molar-refractivity contribution in [2.45, 2.75) is 39.5 Å². The van der Waals surface area contributed by atoms with Gasteiger partial charge in [0.25, 0.3) is 0 Å². The smallest absolute Gasteiger partial charge is 0.309 e. The molecule has 19 heavy (non-hydrogen) atoms. The molecular formula is C14H24ClNO3. The van der Waals surface area contributed by atoms with Gasteiger partial charge in [-0.3, -0.25) is 9.59 Å². The fourth-order valence-electron chi connectivity index (χ4n) is 2.44. The second kappa shape index (κ2) is 7.13. The Morgan fingerprint density at radius 2 is 1.95 bits per heavy atom. The van der Waals surface area contributed by atoms with Gasteiger partial charge in [-0.2, -0.15) is 0 Å². The molecule has 4 nitrogen and oxygen atoms in total. The third kappa shape index (κ3) is 4.37. The normalized spacial score (nSPS) is 23.8. The fraction of sp³-hybridized carbons (Fsp3) is 0.857. The molecule has 0 heterocycles. The number of rotatable bonds is 5. The molecule has 1 saturated carbocycles. The molecule has 0 aromatic heterocycles. The van der Waals surface area contributed by atoms with E-state index in [-0.39, 0.29) is 29.6 Å². The van der Waals surface area contributed by atoms with Crippen LogP contribution in [0.1, 0.15) is 39.5 Å². The van der Waals surface area contributed by atoms with E-state index in [0.29, 0.717) is 6.54 Å². The van der Waals surface area contributed by atoms with Gasteiger partial charge in [-0.05, 0) is 32.6 Å². The van der Waals surface area contributed by atoms with Crippen LogP contribution in [0.5, 0.6) is 0 Å². The average Bonchev–Trinajstić information content (AvgIpc) is 2.44. The molecule has 1 aliphatic rings. The molecular weight excluding hydrogens is 266 g/mol. The second-order valence-corrected chi connectivity index (χ2v) is 6.17. The van der Waals surface area contributed by atoms with Crippen LogP contribution >= 0.6 is 11.6 Å². The molecule has 0 spiro atoms. The van der Waals surface area contributed by atoms with Crippen molar-refractivity contribution in [2.75, 3.05) is 19.5 Å². The molecule has 0 radical (unpaired) electrons. The van der Waals surface area contributed by atoms with E-state index in [1.165, 1.54) is 7.11 Å². The maximum Gasteiger partial charge on any atom is 0.309 e. The molecule has 2 unspecified atom stereocenters. The fourth-order valence-corrected chi connectivity index (χ4v) is 2.56. The van der Waals surface area contributed by atoms with Crippen LogP contribution in [0.3, 0.4) is 0 Å². The van der Waals surface area contributed by atoms with E-state index in [1.807, 2.05) is 13.8 Å². The predicted octanol–water partition coefficient (Wildman–Crippen LogP) is 2.35. The third-order valence-electron chi connectivity index (χ3n) is 3.89. The van der Waals surface area contributed by atoms with Crippen molar-refractivity contribution in [1.82, 2.24) is 5.32 Å². The Morgan fingerprint density at radius 1 is 1.32 bits per heavy atom. The Kier molecular flexibility index (Phi) is 6.11. The van der Waals surface area contributed by atoms with Crippen molar-refractivity contribution in [3.8, 4) is 0 Å². The van der Waals surface area contributed by atoms with Gasteiger partial charge in [-0.15, -0.1) is 11.6 Å². The van der Waals surface area contributed by atoms with Gasteiger partial charge in [0.15, 0.2) is 0 Å². The van der Waals surface area contributed by atoms with E-state index in [2.05, 4.69) is 5.32 Å². The maximum atomic E-state index is 12.0. The standard InChI is InChI=1S/C14H24ClNO3/c1-14(2,9-15)13(18)16-8-10-6-4-5-7-11(10)12(17)19-3/h10-11H,4-9H2,1-3H3,(H,16,18). The molecule has 110 valence electrons. The summed E-state index contributed by atoms with van der Waals surface area (Å²) in [5.41, 5.74) is -0.572. The number of ether oxygens (including phenoxy) is 1. The molecule has 1 N–H and O–H groups in total. The highest BCUT2D eigenvalue weighted by atomic mass is 35.5. The van der Waals surface area contributed by atoms with Gasteiger partial charge >= 0.3 is 5.97 Å². The number of alkyl halides is 1. The number of carbonyl (C=O) groups is 2. The quantitative estimate of drug-likeness (QED) is 0.624. The van der Waals surface area contributed by atoms with Crippen molar-refractivity contribution in [3.05, 3.63) is 0 Å². The number of esters is 1. The van der Waals surface area contributed by atoms with Gasteiger partial charge in [-0.1, -0.05) is 12.8 Å². The zero-order valence-corrected chi connectivity index (χ0v) is 12.8. The van der Waals surface area contributed by atoms with Crippen molar-refractivity contribution >= 4 is 23.5 Å². The van der Waals surface area contributed by atoms with Gasteiger partial charge in [0.2, 0.25) is 5.91 Å². The SMILES string of the molecule is COC(=O)C1CCCCC1CNC(=O)C(C)(C)CCl. The molecule has 0 aromatic carbocycles. The summed E-state index contributed by atoms with van der Waals surface area (Å²) >= 11 is 5.78. The number of hydrogen-bond donors (Lipinski definition) is 1. The van der Waals surface area contributed by atoms with E-state index in [4.69, 9.17) is 16.3 Å². The molecule has 1 amide bonds. The zero-order chi connectivity index (χ0) is 14.5. The summed E-state index contributed by atoms with van der Waals surface area (Å²) in [7, 11) is 1.42. The minimum atomic E-state index is -0.572. The highest BCUT2D eigenvalue weighted by Crippen LogP contribution is 2.30. The Hall–Kier alpha value is -0.770. The summed E-state index contributed by atoms with van der Waals surface area (Å²) in [6, 6.07) is 0. The lowest BCUT2D eigenvalue weighted by Crippen LogP contribution is -2.43. The first-order valence-electron chi connectivity index (χ1n) is 6.84. The van der Waals surface area contributed by atoms with E-state index in [9.17, 15) is 9.59 Å². The monoisotopic (exact) mass is 289 g/mol. The zero-order valence-electron chi connectivity index (χ0n) is 12.0. The number of nitrogens with one attached hydrogen (secondary N) is 1. The Morgan fingerprint density at radius 3 is 2.53 bits per heavy atom. The van der Waals surface area contributed by atoms with Crippen LogP contribution in [0.4, 0.5) is 0 Å². The summed E-state index contributed by atoms with van der Waals surface area (Å²) in [6.07, 6.45) is 3.97. The summed E-state index contributed by atoms with van der Waals surface area (Å²) < 4.78 is 4.84. The Balaban J connectivity index is 2.54. The summed E-state index contributed by atoms with van der Waals surface area (Å²) in [4.78, 5) is 23.7. The minimum Gasteiger partial charge on any atom is -0.469 e. The number of hydrogen-bond acceptors (Lipinski definition) is 3. The summed E-state index contributed by atoms with van der Waals surface area (Å²) in [6.45, 7) is 4.15. The molecule has 0 saturated heterocycles. The first kappa shape index (κ1) is 16.3. The van der Waals surface area contributed by atoms with Crippen LogP contribution in [0.15, 0.2) is 0 Å². The number of amides is 1. The van der Waals surface area contributed by atoms with Crippen molar-refractivity contribution < 1.29 is 14.3 Å². The van der Waals surface area contributed by atoms with Gasteiger partial charge in [0.05, 0.1) is 18.4 Å². The summed E-state index contributed by atoms with van der Waals surface area (Å²) in [5, 5.41) is 2.92. The molecule has 0 bridgehead atoms. The van der Waals surface area contributed by atoms with Crippen molar-refractivity contribution in [1.29, 1.82) is 0 Å². The van der Waals surface area contributed by atoms with Crippen LogP contribution in [0, 0.1) is 17.3 Å². The van der Waals surface area contributed by atoms with Crippen LogP contribution in [-0.4, -0.2) is 31.4 Å². The number of carbonyl (C=O) groups excluding carboxylic acids is 2. The van der Waals surface area contributed by atoms with E-state index < -0.39 is 5.41 Å². The van der Waals surface area contributed by atoms with E-state index in [1.54, 1.807) is 0 Å². The lowest BCUT2D eigenvalue weighted by atomic mass is 9.79. The van der Waals surface area contributed by atoms with E-state index >= 15 is 0 Å². The van der Waals surface area contributed by atoms with Gasteiger partial charge in [0, 0.05) is 12.4 Å². The van der Waals surface area contributed by atoms with Gasteiger partial charge < -0.3 is 10.1 Å². The highest BCUT2D eigenvalue weighted by molar-refractivity contribution is 6.19. The predicted molar refractivity (Wildman–Crippen MR) is 75.0 cm³/mol. The molecule has 0 aromatic rings. The second-order valence-electron chi connectivity index (χ2n) is 5.90. The molecule has 1 rings (SSSR count). The largest absolute Gasteiger partial charge is 0.469 e. The first-order chi connectivity index (χ1) is 8.92. The third-order valence-corrected chi connectivity index (χ3v) is 4.55. The van der Waals surface area contributed by atoms with Crippen LogP contribution in [0.25, 0.3) is 0 Å². The molecule has 1 fully saturated rings. The van der Waals surface area contributed by atoms with Crippen LogP contribution in [-0.2, 0) is 14.3 Å². The topological polar surface area (TPSA) is 55.4 Å². The summed E-state index contributed by atoms with van der Waals surface area (Å²) in [5.74, 6) is 0.158. The average molecular weight is 290 g/mol. The Bertz CT molecular complexity index is 331. The Labute approximate surface area is 120 Å². The molecule has 2 atom stereocenters. The van der Waals surface area contributed by atoms with Crippen LogP contribution in [0.2, 0.25) is 0 Å². The lowest BCUT2D eigenvalue weighted by molar-refractivity contribution is -0.149.